The van der Waals surface area contributed by atoms with E-state index >= 15 is 0 Å². The SMILES string of the molecule is CC/C=C/CC(O)/C=C/C=C/CCCCCCCC(=O)OC[C@H](CO)OC(=O)CCCCCCC. The summed E-state index contributed by atoms with van der Waals surface area (Å²) in [4.78, 5) is 23.7. The van der Waals surface area contributed by atoms with Gasteiger partial charge in [-0.25, -0.2) is 0 Å². The number of unbranched alkanes of at least 4 members (excludes halogenated alkanes) is 9. The molecule has 2 atom stereocenters. The lowest BCUT2D eigenvalue weighted by molar-refractivity contribution is -0.161. The second kappa shape index (κ2) is 25.2. The monoisotopic (exact) mass is 494 g/mol. The molecule has 0 aromatic carbocycles. The molecule has 0 bridgehead atoms. The van der Waals surface area contributed by atoms with Crippen LogP contribution in [0, 0.1) is 0 Å². The van der Waals surface area contributed by atoms with E-state index in [2.05, 4.69) is 26.0 Å². The summed E-state index contributed by atoms with van der Waals surface area (Å²) in [6, 6.07) is 0. The minimum atomic E-state index is -0.786. The summed E-state index contributed by atoms with van der Waals surface area (Å²) in [5.41, 5.74) is 0. The third kappa shape index (κ3) is 23.6. The highest BCUT2D eigenvalue weighted by Gasteiger charge is 2.16. The summed E-state index contributed by atoms with van der Waals surface area (Å²) >= 11 is 0. The van der Waals surface area contributed by atoms with Crippen molar-refractivity contribution < 1.29 is 29.3 Å². The molecule has 0 aliphatic carbocycles. The standard InChI is InChI=1S/C29H50O6/c1-3-5-7-13-19-23-29(33)35-27(24-30)25-34-28(32)22-18-15-12-10-8-9-11-14-17-21-26(31)20-16-6-4-2/h6,11,14,16-17,21,26-27,30-31H,3-5,7-10,12-13,15,18-20,22-25H2,1-2H3/b14-11+,16-6+,21-17+/t26?,27-/m0/s1. The van der Waals surface area contributed by atoms with Crippen LogP contribution in [-0.2, 0) is 19.1 Å². The molecule has 6 nitrogen and oxygen atoms in total. The van der Waals surface area contributed by atoms with E-state index in [4.69, 9.17) is 9.47 Å². The summed E-state index contributed by atoms with van der Waals surface area (Å²) in [5.74, 6) is -0.666. The third-order valence-corrected chi connectivity index (χ3v) is 5.53. The predicted octanol–water partition coefficient (Wildman–Crippen LogP) is 6.35. The van der Waals surface area contributed by atoms with Crippen molar-refractivity contribution in [3.05, 3.63) is 36.5 Å². The van der Waals surface area contributed by atoms with E-state index < -0.39 is 12.2 Å². The van der Waals surface area contributed by atoms with Crippen molar-refractivity contribution in [3.8, 4) is 0 Å². The van der Waals surface area contributed by atoms with Crippen LogP contribution in [0.5, 0.6) is 0 Å². The van der Waals surface area contributed by atoms with Crippen LogP contribution in [0.2, 0.25) is 0 Å². The summed E-state index contributed by atoms with van der Waals surface area (Å²) < 4.78 is 10.4. The molecule has 0 rings (SSSR count). The van der Waals surface area contributed by atoms with E-state index in [9.17, 15) is 19.8 Å². The van der Waals surface area contributed by atoms with Gasteiger partial charge in [0.2, 0.25) is 0 Å². The Bertz CT molecular complexity index is 596. The van der Waals surface area contributed by atoms with Gasteiger partial charge in [0.1, 0.15) is 6.61 Å². The van der Waals surface area contributed by atoms with Gasteiger partial charge in [0.05, 0.1) is 12.7 Å². The molecule has 0 heterocycles. The first-order chi connectivity index (χ1) is 17.0. The number of aliphatic hydroxyl groups excluding tert-OH is 2. The van der Waals surface area contributed by atoms with Crippen molar-refractivity contribution in [1.82, 2.24) is 0 Å². The Morgan fingerprint density at radius 1 is 0.800 bits per heavy atom. The maximum absolute atomic E-state index is 11.9. The van der Waals surface area contributed by atoms with E-state index in [1.165, 1.54) is 6.42 Å². The van der Waals surface area contributed by atoms with Gasteiger partial charge in [-0.15, -0.1) is 0 Å². The highest BCUT2D eigenvalue weighted by Crippen LogP contribution is 2.10. The van der Waals surface area contributed by atoms with Crippen LogP contribution in [0.4, 0.5) is 0 Å². The number of aliphatic hydroxyl groups is 2. The van der Waals surface area contributed by atoms with Gasteiger partial charge >= 0.3 is 11.9 Å². The molecule has 0 saturated heterocycles. The fraction of sp³-hybridized carbons (Fsp3) is 0.724. The zero-order valence-electron chi connectivity index (χ0n) is 22.2. The normalized spacial score (nSPS) is 13.6. The maximum Gasteiger partial charge on any atom is 0.306 e. The molecule has 202 valence electrons. The molecule has 0 saturated carbocycles. The highest BCUT2D eigenvalue weighted by molar-refractivity contribution is 5.70. The molecule has 6 heteroatoms. The van der Waals surface area contributed by atoms with Gasteiger partial charge in [0, 0.05) is 12.8 Å². The largest absolute Gasteiger partial charge is 0.462 e. The third-order valence-electron chi connectivity index (χ3n) is 5.53. The number of allylic oxidation sites excluding steroid dienone is 4. The summed E-state index contributed by atoms with van der Waals surface area (Å²) in [6.07, 6.45) is 24.2. The van der Waals surface area contributed by atoms with E-state index in [0.717, 1.165) is 70.6 Å². The topological polar surface area (TPSA) is 93.1 Å². The summed E-state index contributed by atoms with van der Waals surface area (Å²) in [7, 11) is 0. The highest BCUT2D eigenvalue weighted by atomic mass is 16.6. The van der Waals surface area contributed by atoms with E-state index in [-0.39, 0.29) is 25.2 Å². The van der Waals surface area contributed by atoms with Gasteiger partial charge in [-0.1, -0.05) is 95.2 Å². The molecule has 0 fully saturated rings. The average molecular weight is 495 g/mol. The fourth-order valence-corrected chi connectivity index (χ4v) is 3.41. The quantitative estimate of drug-likeness (QED) is 0.0743. The maximum atomic E-state index is 11.9. The van der Waals surface area contributed by atoms with Crippen molar-refractivity contribution >= 4 is 11.9 Å². The number of hydrogen-bond acceptors (Lipinski definition) is 6. The number of rotatable bonds is 23. The van der Waals surface area contributed by atoms with Crippen LogP contribution in [-0.4, -0.2) is 47.6 Å². The Morgan fingerprint density at radius 3 is 2.14 bits per heavy atom. The second-order valence-corrected chi connectivity index (χ2v) is 8.94. The van der Waals surface area contributed by atoms with E-state index in [1.807, 2.05) is 18.2 Å². The van der Waals surface area contributed by atoms with Crippen molar-refractivity contribution in [1.29, 1.82) is 0 Å². The average Bonchev–Trinajstić information content (AvgIpc) is 2.85. The van der Waals surface area contributed by atoms with Gasteiger partial charge in [0.15, 0.2) is 6.10 Å². The summed E-state index contributed by atoms with van der Waals surface area (Å²) in [5, 5.41) is 19.1. The molecule has 0 aromatic rings. The van der Waals surface area contributed by atoms with Crippen molar-refractivity contribution in [2.24, 2.45) is 0 Å². The lowest BCUT2D eigenvalue weighted by atomic mass is 10.1. The molecule has 0 aliphatic heterocycles. The minimum absolute atomic E-state index is 0.0931. The first-order valence-electron chi connectivity index (χ1n) is 13.7. The van der Waals surface area contributed by atoms with Crippen molar-refractivity contribution in [2.45, 2.75) is 122 Å². The number of carbonyl (C=O) groups excluding carboxylic acids is 2. The number of hydrogen-bond donors (Lipinski definition) is 2. The van der Waals surface area contributed by atoms with Gasteiger partial charge in [0.25, 0.3) is 0 Å². The van der Waals surface area contributed by atoms with Crippen LogP contribution >= 0.6 is 0 Å². The van der Waals surface area contributed by atoms with Gasteiger partial charge < -0.3 is 19.7 Å². The molecule has 0 amide bonds. The van der Waals surface area contributed by atoms with Crippen LogP contribution in [0.3, 0.4) is 0 Å². The molecule has 35 heavy (non-hydrogen) atoms. The van der Waals surface area contributed by atoms with Crippen LogP contribution < -0.4 is 0 Å². The Hall–Kier alpha value is -1.92. The molecule has 2 N–H and O–H groups in total. The molecular formula is C29H50O6. The van der Waals surface area contributed by atoms with Crippen LogP contribution in [0.25, 0.3) is 0 Å². The zero-order chi connectivity index (χ0) is 26.0. The number of esters is 2. The fourth-order valence-electron chi connectivity index (χ4n) is 3.41. The Labute approximate surface area is 213 Å². The Morgan fingerprint density at radius 2 is 1.46 bits per heavy atom. The van der Waals surface area contributed by atoms with Crippen molar-refractivity contribution in [2.75, 3.05) is 13.2 Å². The zero-order valence-corrected chi connectivity index (χ0v) is 22.2. The predicted molar refractivity (Wildman–Crippen MR) is 142 cm³/mol. The lowest BCUT2D eigenvalue weighted by Gasteiger charge is -2.15. The Kier molecular flexibility index (Phi) is 23.8. The number of ether oxygens (including phenoxy) is 2. The van der Waals surface area contributed by atoms with Gasteiger partial charge in [-0.2, -0.15) is 0 Å². The molecule has 0 aliphatic rings. The van der Waals surface area contributed by atoms with Gasteiger partial charge in [-0.3, -0.25) is 9.59 Å². The van der Waals surface area contributed by atoms with Gasteiger partial charge in [-0.05, 0) is 38.5 Å². The molecule has 0 radical (unpaired) electrons. The Balaban J connectivity index is 3.71. The van der Waals surface area contributed by atoms with E-state index in [1.54, 1.807) is 6.08 Å². The van der Waals surface area contributed by atoms with E-state index in [0.29, 0.717) is 19.3 Å². The molecule has 0 aromatic heterocycles. The molecule has 1 unspecified atom stereocenters. The van der Waals surface area contributed by atoms with Crippen LogP contribution in [0.15, 0.2) is 36.5 Å². The lowest BCUT2D eigenvalue weighted by Crippen LogP contribution is -2.28. The minimum Gasteiger partial charge on any atom is -0.462 e. The second-order valence-electron chi connectivity index (χ2n) is 8.94. The van der Waals surface area contributed by atoms with Crippen molar-refractivity contribution in [3.63, 3.8) is 0 Å². The smallest absolute Gasteiger partial charge is 0.306 e. The molecule has 0 spiro atoms. The molecular weight excluding hydrogens is 444 g/mol. The first-order valence-corrected chi connectivity index (χ1v) is 13.7. The summed E-state index contributed by atoms with van der Waals surface area (Å²) in [6.45, 7) is 3.77. The van der Waals surface area contributed by atoms with Crippen LogP contribution in [0.1, 0.15) is 110 Å². The first kappa shape index (κ1) is 33.1. The number of carbonyl (C=O) groups is 2.